The van der Waals surface area contributed by atoms with Crippen LogP contribution in [0.5, 0.6) is 0 Å². The number of hydrogen-bond donors (Lipinski definition) is 1. The van der Waals surface area contributed by atoms with Gasteiger partial charge in [0.25, 0.3) is 0 Å². The van der Waals surface area contributed by atoms with Gasteiger partial charge in [-0.3, -0.25) is 0 Å². The Morgan fingerprint density at radius 1 is 1.44 bits per heavy atom. The Bertz CT molecular complexity index is 563. The van der Waals surface area contributed by atoms with E-state index in [0.717, 1.165) is 0 Å². The van der Waals surface area contributed by atoms with Crippen molar-refractivity contribution in [1.82, 2.24) is 5.16 Å². The topological polar surface area (TPSA) is 78.3 Å². The quantitative estimate of drug-likeness (QED) is 0.864. The number of carbonyl (C=O) groups excluding carboxylic acids is 1. The van der Waals surface area contributed by atoms with Crippen LogP contribution in [0.2, 0.25) is 5.02 Å². The summed E-state index contributed by atoms with van der Waals surface area (Å²) in [5.74, 6) is -0.497. The third-order valence-corrected chi connectivity index (χ3v) is 2.57. The molecule has 0 aliphatic heterocycles. The van der Waals surface area contributed by atoms with Gasteiger partial charge in [-0.1, -0.05) is 28.9 Å². The summed E-state index contributed by atoms with van der Waals surface area (Å²) >= 11 is 5.80. The van der Waals surface area contributed by atoms with Crippen LogP contribution in [-0.2, 0) is 4.74 Å². The van der Waals surface area contributed by atoms with Gasteiger partial charge < -0.3 is 15.0 Å². The molecule has 0 spiro atoms. The minimum absolute atomic E-state index is 0.0664. The number of rotatable bonds is 3. The second-order valence-electron chi connectivity index (χ2n) is 3.50. The molecule has 0 fully saturated rings. The van der Waals surface area contributed by atoms with Gasteiger partial charge in [0.15, 0.2) is 0 Å². The Balaban J connectivity index is 2.46. The molecule has 0 saturated heterocycles. The lowest BCUT2D eigenvalue weighted by molar-refractivity contribution is 0.0515. The molecular weight excluding hydrogens is 256 g/mol. The van der Waals surface area contributed by atoms with Crippen molar-refractivity contribution in [3.63, 3.8) is 0 Å². The van der Waals surface area contributed by atoms with E-state index in [1.165, 1.54) is 0 Å². The van der Waals surface area contributed by atoms with Crippen LogP contribution in [0.3, 0.4) is 0 Å². The number of nitrogen functional groups attached to an aromatic ring is 1. The average molecular weight is 267 g/mol. The van der Waals surface area contributed by atoms with Crippen molar-refractivity contribution in [2.75, 3.05) is 12.3 Å². The zero-order valence-electron chi connectivity index (χ0n) is 9.64. The molecule has 2 aromatic rings. The first kappa shape index (κ1) is 12.4. The molecule has 0 unspecified atom stereocenters. The molecule has 2 rings (SSSR count). The highest BCUT2D eigenvalue weighted by Crippen LogP contribution is 2.30. The van der Waals surface area contributed by atoms with Gasteiger partial charge in [-0.25, -0.2) is 4.79 Å². The van der Waals surface area contributed by atoms with Crippen LogP contribution in [0.25, 0.3) is 11.1 Å². The fraction of sp³-hybridized carbons (Fsp3) is 0.167. The first-order chi connectivity index (χ1) is 8.63. The Hall–Kier alpha value is -2.01. The van der Waals surface area contributed by atoms with E-state index in [0.29, 0.717) is 16.1 Å². The second-order valence-corrected chi connectivity index (χ2v) is 3.93. The maximum atomic E-state index is 11.7. The molecule has 2 N–H and O–H groups in total. The Morgan fingerprint density at radius 2 is 2.11 bits per heavy atom. The molecule has 1 heterocycles. The molecule has 0 aliphatic carbocycles. The summed E-state index contributed by atoms with van der Waals surface area (Å²) in [4.78, 5) is 11.7. The van der Waals surface area contributed by atoms with Crippen LogP contribution < -0.4 is 5.73 Å². The van der Waals surface area contributed by atoms with Crippen LogP contribution in [0.15, 0.2) is 28.8 Å². The SMILES string of the molecule is CCOC(=O)c1noc(N)c1-c1ccc(Cl)cc1. The van der Waals surface area contributed by atoms with Crippen molar-refractivity contribution in [2.24, 2.45) is 0 Å². The van der Waals surface area contributed by atoms with E-state index < -0.39 is 5.97 Å². The lowest BCUT2D eigenvalue weighted by Gasteiger charge is -2.02. The summed E-state index contributed by atoms with van der Waals surface area (Å²) < 4.78 is 9.73. The van der Waals surface area contributed by atoms with E-state index in [1.54, 1.807) is 31.2 Å². The van der Waals surface area contributed by atoms with Gasteiger partial charge in [0.05, 0.1) is 12.2 Å². The van der Waals surface area contributed by atoms with Gasteiger partial charge in [-0.2, -0.15) is 0 Å². The van der Waals surface area contributed by atoms with Crippen molar-refractivity contribution in [3.05, 3.63) is 35.0 Å². The minimum Gasteiger partial charge on any atom is -0.461 e. The molecule has 0 atom stereocenters. The van der Waals surface area contributed by atoms with E-state index in [9.17, 15) is 4.79 Å². The smallest absolute Gasteiger partial charge is 0.361 e. The van der Waals surface area contributed by atoms with Crippen molar-refractivity contribution < 1.29 is 14.1 Å². The third kappa shape index (κ3) is 2.31. The fourth-order valence-corrected chi connectivity index (χ4v) is 1.66. The highest BCUT2D eigenvalue weighted by atomic mass is 35.5. The first-order valence-electron chi connectivity index (χ1n) is 5.31. The highest BCUT2D eigenvalue weighted by molar-refractivity contribution is 6.30. The first-order valence-corrected chi connectivity index (χ1v) is 5.69. The third-order valence-electron chi connectivity index (χ3n) is 2.32. The summed E-state index contributed by atoms with van der Waals surface area (Å²) in [5.41, 5.74) is 6.86. The summed E-state index contributed by atoms with van der Waals surface area (Å²) in [6, 6.07) is 6.85. The molecule has 0 bridgehead atoms. The summed E-state index contributed by atoms with van der Waals surface area (Å²) in [6.07, 6.45) is 0. The van der Waals surface area contributed by atoms with Crippen molar-refractivity contribution in [3.8, 4) is 11.1 Å². The Morgan fingerprint density at radius 3 is 2.72 bits per heavy atom. The molecular formula is C12H11ClN2O3. The Kier molecular flexibility index (Phi) is 3.53. The van der Waals surface area contributed by atoms with Gasteiger partial charge >= 0.3 is 5.97 Å². The van der Waals surface area contributed by atoms with Crippen LogP contribution in [0, 0.1) is 0 Å². The van der Waals surface area contributed by atoms with E-state index in [2.05, 4.69) is 5.16 Å². The largest absolute Gasteiger partial charge is 0.461 e. The summed E-state index contributed by atoms with van der Waals surface area (Å²) in [7, 11) is 0. The molecule has 0 amide bonds. The lowest BCUT2D eigenvalue weighted by Crippen LogP contribution is -2.06. The number of nitrogens with zero attached hydrogens (tertiary/aromatic N) is 1. The van der Waals surface area contributed by atoms with Gasteiger partial charge in [-0.15, -0.1) is 0 Å². The molecule has 0 aliphatic rings. The van der Waals surface area contributed by atoms with Gasteiger partial charge in [0, 0.05) is 5.02 Å². The Labute approximate surface area is 108 Å². The number of halogens is 1. The molecule has 0 radical (unpaired) electrons. The predicted octanol–water partition coefficient (Wildman–Crippen LogP) is 2.75. The van der Waals surface area contributed by atoms with E-state index >= 15 is 0 Å². The van der Waals surface area contributed by atoms with E-state index in [-0.39, 0.29) is 18.2 Å². The molecule has 6 heteroatoms. The molecule has 1 aromatic heterocycles. The van der Waals surface area contributed by atoms with Crippen molar-refractivity contribution in [2.45, 2.75) is 6.92 Å². The number of nitrogens with two attached hydrogens (primary N) is 1. The standard InChI is InChI=1S/C12H11ClN2O3/c1-2-17-12(16)10-9(11(14)18-15-10)7-3-5-8(13)6-4-7/h3-6H,2,14H2,1H3. The van der Waals surface area contributed by atoms with Crippen molar-refractivity contribution in [1.29, 1.82) is 0 Å². The normalized spacial score (nSPS) is 10.3. The van der Waals surface area contributed by atoms with Gasteiger partial charge in [0.2, 0.25) is 11.6 Å². The van der Waals surface area contributed by atoms with Crippen LogP contribution in [0.1, 0.15) is 17.4 Å². The number of carbonyl (C=O) groups is 1. The number of anilines is 1. The van der Waals surface area contributed by atoms with E-state index in [4.69, 9.17) is 26.6 Å². The minimum atomic E-state index is -0.567. The zero-order valence-corrected chi connectivity index (χ0v) is 10.4. The average Bonchev–Trinajstić information content (AvgIpc) is 2.73. The molecule has 18 heavy (non-hydrogen) atoms. The maximum absolute atomic E-state index is 11.7. The van der Waals surface area contributed by atoms with E-state index in [1.807, 2.05) is 0 Å². The number of esters is 1. The number of ether oxygens (including phenoxy) is 1. The summed E-state index contributed by atoms with van der Waals surface area (Å²) in [6.45, 7) is 1.97. The molecule has 0 saturated carbocycles. The fourth-order valence-electron chi connectivity index (χ4n) is 1.54. The molecule has 94 valence electrons. The summed E-state index contributed by atoms with van der Waals surface area (Å²) in [5, 5.41) is 4.21. The number of benzene rings is 1. The number of hydrogen-bond acceptors (Lipinski definition) is 5. The van der Waals surface area contributed by atoms with Crippen LogP contribution in [0.4, 0.5) is 5.88 Å². The maximum Gasteiger partial charge on any atom is 0.361 e. The number of aromatic nitrogens is 1. The second kappa shape index (κ2) is 5.10. The molecule has 5 nitrogen and oxygen atoms in total. The highest BCUT2D eigenvalue weighted by Gasteiger charge is 2.22. The van der Waals surface area contributed by atoms with Gasteiger partial charge in [-0.05, 0) is 24.6 Å². The van der Waals surface area contributed by atoms with Crippen LogP contribution >= 0.6 is 11.6 Å². The van der Waals surface area contributed by atoms with Crippen molar-refractivity contribution >= 4 is 23.5 Å². The van der Waals surface area contributed by atoms with Crippen LogP contribution in [-0.4, -0.2) is 17.7 Å². The zero-order chi connectivity index (χ0) is 13.1. The lowest BCUT2D eigenvalue weighted by atomic mass is 10.1. The predicted molar refractivity (Wildman–Crippen MR) is 67.3 cm³/mol. The van der Waals surface area contributed by atoms with Gasteiger partial charge in [0.1, 0.15) is 0 Å². The monoisotopic (exact) mass is 266 g/mol. The molecule has 1 aromatic carbocycles.